The van der Waals surface area contributed by atoms with Gasteiger partial charge in [0, 0.05) is 74.1 Å². The van der Waals surface area contributed by atoms with Crippen molar-refractivity contribution >= 4 is 47.3 Å². The quantitative estimate of drug-likeness (QED) is 0.0664. The molecule has 35 heteroatoms. The zero-order valence-corrected chi connectivity index (χ0v) is 65.2. The number of nitrogens with two attached hydrogens (primary N) is 1. The molecule has 3 fully saturated rings. The van der Waals surface area contributed by atoms with Gasteiger partial charge in [-0.25, -0.2) is 4.79 Å². The van der Waals surface area contributed by atoms with Crippen molar-refractivity contribution in [3.8, 4) is 57.1 Å². The average molecular weight is 1620 g/mol. The van der Waals surface area contributed by atoms with Crippen LogP contribution in [0, 0.1) is 29.7 Å². The fraction of sp³-hybridized carbons (Fsp3) is 0.500. The topological polar surface area (TPSA) is 523 Å². The SMILES string of the molecule is CN[C@H](CC(C)C)C(=O)N[C@H]1C(=O)N[C@@H](CC(N)=O)C(=O)N[C@H]2C(=O)N[C@H]3C(=O)N[C@H](C(=O)N[C@H](C(=O)O)c4cc(O)cc(O)c4-c4cc3ccc4O)[C@H](O[C@H]3CC(C)(C)[C@@H](O)[C@H](C)O3)c3ccc(c(C)c3)Oc3cc2cc(c3O[C@@H]2O[C@H](CO)[C@@H](O)[C@H](O)[C@H]2O[C@H]2CC(C)(C)[C@@H](O)[C@H](C)O2)Oc2[c-]cc(cc2)[C@H]1O.[Y]. The van der Waals surface area contributed by atoms with Crippen molar-refractivity contribution < 1.29 is 160 Å². The summed E-state index contributed by atoms with van der Waals surface area (Å²) in [5.74, 6) is -14.7. The smallest absolute Gasteiger partial charge is 0.330 e. The van der Waals surface area contributed by atoms with Crippen LogP contribution in [0.5, 0.6) is 46.0 Å². The zero-order chi connectivity index (χ0) is 80.0. The number of carbonyl (C=O) groups excluding carboxylic acids is 7. The first-order chi connectivity index (χ1) is 51.8. The number of rotatable bonds is 15. The molecule has 8 aliphatic rings. The molecule has 3 saturated heterocycles. The Hall–Kier alpha value is -8.72. The minimum Gasteiger partial charge on any atom is -0.508 e. The summed E-state index contributed by atoms with van der Waals surface area (Å²) in [6.45, 7) is 14.4. The Morgan fingerprint density at radius 1 is 0.685 bits per heavy atom. The summed E-state index contributed by atoms with van der Waals surface area (Å²) < 4.78 is 52.4. The van der Waals surface area contributed by atoms with Crippen molar-refractivity contribution in [3.63, 3.8) is 0 Å². The molecule has 0 saturated carbocycles. The molecule has 0 aliphatic carbocycles. The van der Waals surface area contributed by atoms with Crippen LogP contribution in [-0.2, 0) is 94.7 Å². The predicted octanol–water partition coefficient (Wildman–Crippen LogP) is 1.76. The van der Waals surface area contributed by atoms with Crippen LogP contribution < -0.4 is 57.2 Å². The second kappa shape index (κ2) is 34.3. The van der Waals surface area contributed by atoms with Crippen molar-refractivity contribution in [1.29, 1.82) is 0 Å². The van der Waals surface area contributed by atoms with Crippen molar-refractivity contribution in [2.75, 3.05) is 13.7 Å². The maximum Gasteiger partial charge on any atom is 0.330 e. The largest absolute Gasteiger partial charge is 0.508 e. The Morgan fingerprint density at radius 2 is 1.30 bits per heavy atom. The van der Waals surface area contributed by atoms with Gasteiger partial charge in [-0.15, -0.1) is 17.7 Å². The molecule has 13 rings (SSSR count). The summed E-state index contributed by atoms with van der Waals surface area (Å²) in [7, 11) is 1.49. The zero-order valence-electron chi connectivity index (χ0n) is 62.3. The maximum absolute atomic E-state index is 16.4. The van der Waals surface area contributed by atoms with Crippen LogP contribution in [0.2, 0.25) is 0 Å². The van der Waals surface area contributed by atoms with Crippen LogP contribution in [0.1, 0.15) is 145 Å². The average Bonchev–Trinajstić information content (AvgIpc) is 0.766. The molecule has 5 aromatic rings. The molecule has 0 spiro atoms. The number of aliphatic carboxylic acids is 1. The molecule has 0 aromatic heterocycles. The predicted molar refractivity (Wildman–Crippen MR) is 382 cm³/mol. The van der Waals surface area contributed by atoms with Gasteiger partial charge in [-0.2, -0.15) is 12.1 Å². The number of hydrogen-bond acceptors (Lipinski definition) is 26. The summed E-state index contributed by atoms with van der Waals surface area (Å²) in [6.07, 6.45) is -20.4. The van der Waals surface area contributed by atoms with E-state index in [0.29, 0.717) is 0 Å². The number of amides is 7. The van der Waals surface area contributed by atoms with Crippen LogP contribution in [0.4, 0.5) is 0 Å². The van der Waals surface area contributed by atoms with E-state index in [-0.39, 0.29) is 91.6 Å². The fourth-order valence-corrected chi connectivity index (χ4v) is 14.7. The van der Waals surface area contributed by atoms with Crippen molar-refractivity contribution in [1.82, 2.24) is 37.2 Å². The number of aliphatic hydroxyl groups excluding tert-OH is 6. The number of aryl methyl sites for hydroxylation is 1. The minimum absolute atomic E-state index is 0. The van der Waals surface area contributed by atoms with Crippen LogP contribution in [0.25, 0.3) is 11.1 Å². The standard InChI is InChI=1S/C76H93N8O26.Y/c1-30(2)19-42(78-10)67(95)83-57-59(90)34-11-15-39(16-12-34)105-47-22-37-23-48(63(47)110-74-64(61(92)60(91)49(29-85)107-74)109-52-28-76(8,9)66(94)33(5)104-52)106-46-18-14-36(20-31(46)3)62(108-51-27-75(6,7)65(93)32(4)103-51)58-72(100)82-56(73(101)102)41-24-38(86)25-45(88)53(41)40-21-35(13-17-44(40)87)54(69(97)84-58)81-70(98)55(37)80-68(96)43(26-50(77)89)79-71(57)99;/h11-15,17-18,20-25,30,32-33,42-43,49,51-52,54-62,64-66,74,78,85-88,90-94H,19,26-29H2,1-10H3,(H2,77,89)(H,79,99)(H,80,96)(H,81,98)(H,82,100)(H,83,95)(H,84,97)(H,101,102);/q-1;/t32-,33-,42+,43-,49+,51-,52-,54+,55+,56-,57+,58-,59+,60+,61-,62+,64+,65-,66-,74-;/m0./s1. The van der Waals surface area contributed by atoms with E-state index < -0.39 is 250 Å². The maximum atomic E-state index is 16.4. The summed E-state index contributed by atoms with van der Waals surface area (Å²) in [5, 5.41) is 133. The molecule has 11 bridgehead atoms. The van der Waals surface area contributed by atoms with Gasteiger partial charge >= 0.3 is 5.97 Å². The molecular formula is C76H93N8O26Y-. The van der Waals surface area contributed by atoms with Gasteiger partial charge in [-0.3, -0.25) is 33.6 Å². The number of ether oxygens (including phenoxy) is 8. The second-order valence-electron chi connectivity index (χ2n) is 30.3. The number of likely N-dealkylation sites (N-methyl/N-ethyl adjacent to an activating group) is 1. The number of carboxylic acids is 1. The van der Waals surface area contributed by atoms with Crippen molar-refractivity contribution in [2.45, 2.75) is 210 Å². The number of carboxylic acid groups (broad SMARTS) is 1. The van der Waals surface area contributed by atoms with E-state index in [1.165, 1.54) is 50.4 Å². The number of hydrogen-bond donors (Lipinski definition) is 18. The summed E-state index contributed by atoms with van der Waals surface area (Å²) >= 11 is 0. The third-order valence-corrected chi connectivity index (χ3v) is 20.7. The van der Waals surface area contributed by atoms with E-state index in [1.807, 2.05) is 13.8 Å². The number of primary amides is 1. The molecule has 8 heterocycles. The van der Waals surface area contributed by atoms with E-state index >= 15 is 19.2 Å². The number of aromatic hydroxyl groups is 3. The Bertz CT molecular complexity index is 4340. The number of benzene rings is 5. The molecule has 8 aliphatic heterocycles. The van der Waals surface area contributed by atoms with Gasteiger partial charge < -0.3 is 132 Å². The molecule has 19 N–H and O–H groups in total. The Morgan fingerprint density at radius 3 is 1.89 bits per heavy atom. The molecule has 20 atom stereocenters. The number of fused-ring (bicyclic) bond motifs is 15. The molecular weight excluding hydrogens is 1530 g/mol. The van der Waals surface area contributed by atoms with E-state index in [0.717, 1.165) is 42.5 Å². The van der Waals surface area contributed by atoms with E-state index in [1.54, 1.807) is 41.5 Å². The number of aliphatic hydroxyl groups is 6. The van der Waals surface area contributed by atoms with Crippen LogP contribution in [0.3, 0.4) is 0 Å². The Balaban J connectivity index is 0.0000131. The van der Waals surface area contributed by atoms with Crippen molar-refractivity contribution in [3.05, 3.63) is 118 Å². The number of nitrogens with one attached hydrogen (secondary N) is 7. The first-order valence-corrected chi connectivity index (χ1v) is 35.9. The number of phenolic OH excluding ortho intramolecular Hbond substituents is 3. The van der Waals surface area contributed by atoms with Gasteiger partial charge in [0.25, 0.3) is 0 Å². The van der Waals surface area contributed by atoms with Gasteiger partial charge in [-0.05, 0) is 116 Å². The molecule has 5 aromatic carbocycles. The summed E-state index contributed by atoms with van der Waals surface area (Å²) in [4.78, 5) is 120. The third-order valence-electron chi connectivity index (χ3n) is 20.7. The molecule has 111 heavy (non-hydrogen) atoms. The van der Waals surface area contributed by atoms with Crippen LogP contribution in [-0.4, -0.2) is 204 Å². The van der Waals surface area contributed by atoms with E-state index in [4.69, 9.17) is 43.6 Å². The third kappa shape index (κ3) is 18.3. The summed E-state index contributed by atoms with van der Waals surface area (Å²) in [5.41, 5.74) is 1.90. The normalized spacial score (nSPS) is 30.2. The van der Waals surface area contributed by atoms with E-state index in [9.17, 15) is 70.2 Å². The fourth-order valence-electron chi connectivity index (χ4n) is 14.7. The second-order valence-corrected chi connectivity index (χ2v) is 30.3. The molecule has 0 unspecified atom stereocenters. The number of carbonyl (C=O) groups is 8. The minimum atomic E-state index is -2.30. The molecule has 597 valence electrons. The van der Waals surface area contributed by atoms with Gasteiger partial charge in [-0.1, -0.05) is 53.7 Å². The molecule has 7 amide bonds. The van der Waals surface area contributed by atoms with Gasteiger partial charge in [0.15, 0.2) is 36.2 Å². The molecule has 1 radical (unpaired) electrons. The van der Waals surface area contributed by atoms with Gasteiger partial charge in [0.05, 0.1) is 49.6 Å². The monoisotopic (exact) mass is 1620 g/mol. The van der Waals surface area contributed by atoms with Crippen molar-refractivity contribution in [2.24, 2.45) is 22.5 Å². The first-order valence-electron chi connectivity index (χ1n) is 35.9. The molecule has 34 nitrogen and oxygen atoms in total. The number of phenols is 3. The van der Waals surface area contributed by atoms with E-state index in [2.05, 4.69) is 43.3 Å². The van der Waals surface area contributed by atoms with Crippen LogP contribution in [0.15, 0.2) is 78.9 Å². The van der Waals surface area contributed by atoms with Gasteiger partial charge in [0.2, 0.25) is 53.4 Å². The Labute approximate surface area is 662 Å². The summed E-state index contributed by atoms with van der Waals surface area (Å²) in [6, 6.07) is 4.12. The van der Waals surface area contributed by atoms with Crippen LogP contribution >= 0.6 is 0 Å². The Kier molecular flexibility index (Phi) is 26.2. The first kappa shape index (κ1) is 84.7. The van der Waals surface area contributed by atoms with Gasteiger partial charge in [0.1, 0.15) is 77.6 Å².